The van der Waals surface area contributed by atoms with E-state index in [1.807, 2.05) is 0 Å². The molecule has 2 heterocycles. The molecule has 2 fully saturated rings. The van der Waals surface area contributed by atoms with Crippen molar-refractivity contribution in [3.63, 3.8) is 0 Å². The molecular formula is C18H20F3N3O3. The lowest BCUT2D eigenvalue weighted by Gasteiger charge is -2.32. The van der Waals surface area contributed by atoms with Crippen LogP contribution in [-0.2, 0) is 20.6 Å². The van der Waals surface area contributed by atoms with Gasteiger partial charge in [-0.3, -0.25) is 14.4 Å². The van der Waals surface area contributed by atoms with Crippen LogP contribution >= 0.6 is 0 Å². The quantitative estimate of drug-likeness (QED) is 0.864. The lowest BCUT2D eigenvalue weighted by molar-refractivity contribution is -0.138. The van der Waals surface area contributed by atoms with E-state index in [1.54, 1.807) is 4.90 Å². The molecule has 6 nitrogen and oxygen atoms in total. The molecule has 0 saturated carbocycles. The summed E-state index contributed by atoms with van der Waals surface area (Å²) in [6.07, 6.45) is -3.57. The molecule has 0 bridgehead atoms. The summed E-state index contributed by atoms with van der Waals surface area (Å²) in [6, 6.07) is 4.53. The summed E-state index contributed by atoms with van der Waals surface area (Å²) in [4.78, 5) is 39.0. The number of piperidine rings is 1. The molecule has 27 heavy (non-hydrogen) atoms. The van der Waals surface area contributed by atoms with Crippen LogP contribution in [0.2, 0.25) is 0 Å². The van der Waals surface area contributed by atoms with Gasteiger partial charge in [0, 0.05) is 37.7 Å². The van der Waals surface area contributed by atoms with E-state index in [0.717, 1.165) is 12.1 Å². The van der Waals surface area contributed by atoms with Gasteiger partial charge < -0.3 is 15.5 Å². The number of halogens is 3. The number of rotatable bonds is 3. The number of primary amides is 1. The minimum absolute atomic E-state index is 0.0369. The molecule has 0 radical (unpaired) electrons. The Kier molecular flexibility index (Phi) is 5.12. The van der Waals surface area contributed by atoms with Crippen molar-refractivity contribution in [2.75, 3.05) is 24.5 Å². The molecule has 2 N–H and O–H groups in total. The van der Waals surface area contributed by atoms with Gasteiger partial charge in [-0.2, -0.15) is 13.2 Å². The van der Waals surface area contributed by atoms with Crippen LogP contribution in [0.4, 0.5) is 18.9 Å². The molecule has 0 aliphatic carbocycles. The van der Waals surface area contributed by atoms with Crippen molar-refractivity contribution in [2.24, 2.45) is 17.6 Å². The Labute approximate surface area is 154 Å². The van der Waals surface area contributed by atoms with Crippen LogP contribution in [0.5, 0.6) is 0 Å². The minimum atomic E-state index is -4.50. The first-order chi connectivity index (χ1) is 12.7. The molecular weight excluding hydrogens is 363 g/mol. The second-order valence-corrected chi connectivity index (χ2v) is 6.96. The van der Waals surface area contributed by atoms with Gasteiger partial charge in [0.05, 0.1) is 11.5 Å². The smallest absolute Gasteiger partial charge is 0.369 e. The zero-order chi connectivity index (χ0) is 19.8. The fraction of sp³-hybridized carbons (Fsp3) is 0.500. The van der Waals surface area contributed by atoms with Crippen molar-refractivity contribution in [3.8, 4) is 0 Å². The van der Waals surface area contributed by atoms with Crippen molar-refractivity contribution in [3.05, 3.63) is 29.8 Å². The van der Waals surface area contributed by atoms with Gasteiger partial charge in [-0.05, 0) is 31.0 Å². The topological polar surface area (TPSA) is 83.7 Å². The predicted octanol–water partition coefficient (Wildman–Crippen LogP) is 1.78. The molecule has 9 heteroatoms. The zero-order valence-corrected chi connectivity index (χ0v) is 14.5. The van der Waals surface area contributed by atoms with E-state index in [4.69, 9.17) is 5.73 Å². The van der Waals surface area contributed by atoms with Crippen molar-refractivity contribution in [2.45, 2.75) is 25.4 Å². The van der Waals surface area contributed by atoms with Gasteiger partial charge >= 0.3 is 6.18 Å². The fourth-order valence-corrected chi connectivity index (χ4v) is 3.62. The molecule has 0 aromatic heterocycles. The van der Waals surface area contributed by atoms with Gasteiger partial charge in [-0.15, -0.1) is 0 Å². The number of nitrogens with zero attached hydrogens (tertiary/aromatic N) is 2. The van der Waals surface area contributed by atoms with E-state index in [9.17, 15) is 27.6 Å². The molecule has 1 atom stereocenters. The number of hydrogen-bond acceptors (Lipinski definition) is 3. The Hall–Kier alpha value is -2.58. The van der Waals surface area contributed by atoms with Crippen LogP contribution in [0, 0.1) is 11.8 Å². The number of carbonyl (C=O) groups excluding carboxylic acids is 3. The Morgan fingerprint density at radius 3 is 2.37 bits per heavy atom. The summed E-state index contributed by atoms with van der Waals surface area (Å²) >= 11 is 0. The van der Waals surface area contributed by atoms with Gasteiger partial charge in [0.2, 0.25) is 17.7 Å². The number of hydrogen-bond donors (Lipinski definition) is 1. The van der Waals surface area contributed by atoms with E-state index in [0.29, 0.717) is 25.9 Å². The highest BCUT2D eigenvalue weighted by molar-refractivity contribution is 6.00. The van der Waals surface area contributed by atoms with E-state index in [2.05, 4.69) is 0 Å². The molecule has 0 unspecified atom stereocenters. The second kappa shape index (κ2) is 7.21. The van der Waals surface area contributed by atoms with Crippen molar-refractivity contribution in [1.29, 1.82) is 0 Å². The zero-order valence-electron chi connectivity index (χ0n) is 14.5. The van der Waals surface area contributed by atoms with Crippen molar-refractivity contribution in [1.82, 2.24) is 4.90 Å². The lowest BCUT2D eigenvalue weighted by Crippen LogP contribution is -2.44. The van der Waals surface area contributed by atoms with Crippen LogP contribution in [0.3, 0.4) is 0 Å². The molecule has 2 aliphatic rings. The highest BCUT2D eigenvalue weighted by Crippen LogP contribution is 2.34. The Balaban J connectivity index is 1.67. The third kappa shape index (κ3) is 4.06. The lowest BCUT2D eigenvalue weighted by atomic mass is 9.95. The van der Waals surface area contributed by atoms with E-state index in [1.165, 1.54) is 17.0 Å². The summed E-state index contributed by atoms with van der Waals surface area (Å²) < 4.78 is 38.7. The highest BCUT2D eigenvalue weighted by atomic mass is 19.4. The van der Waals surface area contributed by atoms with E-state index >= 15 is 0 Å². The minimum Gasteiger partial charge on any atom is -0.369 e. The largest absolute Gasteiger partial charge is 0.416 e. The third-order valence-corrected chi connectivity index (χ3v) is 5.17. The molecule has 2 saturated heterocycles. The first-order valence-corrected chi connectivity index (χ1v) is 8.72. The molecule has 1 aromatic carbocycles. The summed E-state index contributed by atoms with van der Waals surface area (Å²) in [5, 5.41) is 0. The monoisotopic (exact) mass is 383 g/mol. The molecule has 2 aliphatic heterocycles. The number of anilines is 1. The standard InChI is InChI=1S/C18H20F3N3O3/c19-18(20,21)13-2-1-3-14(9-13)24-10-12(8-15(24)25)17(27)23-6-4-11(5-7-23)16(22)26/h1-3,9,11-12H,4-8,10H2,(H2,22,26)/t12-/m1/s1. The molecule has 0 spiro atoms. The molecule has 3 rings (SSSR count). The van der Waals surface area contributed by atoms with Crippen molar-refractivity contribution >= 4 is 23.4 Å². The third-order valence-electron chi connectivity index (χ3n) is 5.17. The summed E-state index contributed by atoms with van der Waals surface area (Å²) in [7, 11) is 0. The van der Waals surface area contributed by atoms with Gasteiger partial charge in [0.25, 0.3) is 0 Å². The second-order valence-electron chi connectivity index (χ2n) is 6.96. The fourth-order valence-electron chi connectivity index (χ4n) is 3.62. The molecule has 146 valence electrons. The Morgan fingerprint density at radius 2 is 1.78 bits per heavy atom. The number of benzene rings is 1. The van der Waals surface area contributed by atoms with E-state index < -0.39 is 17.7 Å². The Morgan fingerprint density at radius 1 is 1.11 bits per heavy atom. The van der Waals surface area contributed by atoms with Crippen molar-refractivity contribution < 1.29 is 27.6 Å². The van der Waals surface area contributed by atoms with Crippen LogP contribution in [-0.4, -0.2) is 42.3 Å². The van der Waals surface area contributed by atoms with Crippen LogP contribution < -0.4 is 10.6 Å². The van der Waals surface area contributed by atoms with Crippen LogP contribution in [0.15, 0.2) is 24.3 Å². The maximum absolute atomic E-state index is 12.9. The summed E-state index contributed by atoms with van der Waals surface area (Å²) in [6.45, 7) is 0.829. The highest BCUT2D eigenvalue weighted by Gasteiger charge is 2.39. The SMILES string of the molecule is NC(=O)C1CCN(C(=O)[C@@H]2CC(=O)N(c3cccc(C(F)(F)F)c3)C2)CC1. The molecule has 3 amide bonds. The average Bonchev–Trinajstić information content (AvgIpc) is 3.02. The van der Waals surface area contributed by atoms with Crippen LogP contribution in [0.1, 0.15) is 24.8 Å². The molecule has 1 aromatic rings. The van der Waals surface area contributed by atoms with Gasteiger partial charge in [-0.1, -0.05) is 6.07 Å². The summed E-state index contributed by atoms with van der Waals surface area (Å²) in [5.74, 6) is -1.81. The van der Waals surface area contributed by atoms with Crippen LogP contribution in [0.25, 0.3) is 0 Å². The Bertz CT molecular complexity index is 758. The van der Waals surface area contributed by atoms with Gasteiger partial charge in [0.15, 0.2) is 0 Å². The van der Waals surface area contributed by atoms with E-state index in [-0.39, 0.29) is 42.3 Å². The summed E-state index contributed by atoms with van der Waals surface area (Å²) in [5.41, 5.74) is 4.58. The van der Waals surface area contributed by atoms with Gasteiger partial charge in [0.1, 0.15) is 0 Å². The number of carbonyl (C=O) groups is 3. The predicted molar refractivity (Wildman–Crippen MR) is 90.4 cm³/mol. The first-order valence-electron chi connectivity index (χ1n) is 8.72. The number of likely N-dealkylation sites (tertiary alicyclic amines) is 1. The number of alkyl halides is 3. The average molecular weight is 383 g/mol. The normalized spacial score (nSPS) is 21.6. The number of amides is 3. The first kappa shape index (κ1) is 19.2. The maximum atomic E-state index is 12.9. The maximum Gasteiger partial charge on any atom is 0.416 e. The number of nitrogens with two attached hydrogens (primary N) is 1. The van der Waals surface area contributed by atoms with Gasteiger partial charge in [-0.25, -0.2) is 0 Å².